The van der Waals surface area contributed by atoms with Crippen molar-refractivity contribution in [2.24, 2.45) is 13.0 Å². The molecule has 2 aromatic heterocycles. The number of amides is 1. The van der Waals surface area contributed by atoms with Gasteiger partial charge in [-0.1, -0.05) is 12.1 Å². The molecule has 1 aromatic carbocycles. The highest BCUT2D eigenvalue weighted by Gasteiger charge is 2.37. The lowest BCUT2D eigenvalue weighted by Gasteiger charge is -2.37. The number of aliphatic hydroxyl groups is 1. The summed E-state index contributed by atoms with van der Waals surface area (Å²) in [5.41, 5.74) is 3.61. The van der Waals surface area contributed by atoms with Gasteiger partial charge in [0.1, 0.15) is 5.58 Å². The Balaban J connectivity index is 1.63. The van der Waals surface area contributed by atoms with Crippen LogP contribution in [0.15, 0.2) is 35.0 Å². The third-order valence-corrected chi connectivity index (χ3v) is 5.29. The van der Waals surface area contributed by atoms with Gasteiger partial charge in [-0.15, -0.1) is 0 Å². The summed E-state index contributed by atoms with van der Waals surface area (Å²) in [5.74, 6) is 0.316. The fourth-order valence-electron chi connectivity index (χ4n) is 3.73. The molecule has 1 fully saturated rings. The number of benzene rings is 1. The average Bonchev–Trinajstić information content (AvgIpc) is 3.13. The van der Waals surface area contributed by atoms with Crippen LogP contribution in [0.25, 0.3) is 11.0 Å². The first-order valence-corrected chi connectivity index (χ1v) is 8.89. The van der Waals surface area contributed by atoms with Crippen LogP contribution in [-0.4, -0.2) is 26.9 Å². The predicted molar refractivity (Wildman–Crippen MR) is 97.8 cm³/mol. The number of nitrogens with zero attached hydrogens (tertiary/aromatic N) is 2. The minimum atomic E-state index is -0.285. The molecule has 0 aliphatic heterocycles. The maximum Gasteiger partial charge on any atom is 0.287 e. The van der Waals surface area contributed by atoms with Gasteiger partial charge in [0, 0.05) is 29.8 Å². The summed E-state index contributed by atoms with van der Waals surface area (Å²) < 4.78 is 7.57. The minimum absolute atomic E-state index is 0.186. The molecular formula is C20H23N3O3. The second kappa shape index (κ2) is 6.29. The maximum absolute atomic E-state index is 12.9. The van der Waals surface area contributed by atoms with E-state index in [2.05, 4.69) is 10.4 Å². The molecule has 1 aliphatic rings. The maximum atomic E-state index is 12.9. The fraction of sp³-hybridized carbons (Fsp3) is 0.400. The molecule has 0 spiro atoms. The largest absolute Gasteiger partial charge is 0.451 e. The number of fused-ring (bicyclic) bond motifs is 1. The van der Waals surface area contributed by atoms with Crippen molar-refractivity contribution in [3.8, 4) is 0 Å². The van der Waals surface area contributed by atoms with E-state index in [0.717, 1.165) is 27.7 Å². The molecule has 0 bridgehead atoms. The first-order valence-electron chi connectivity index (χ1n) is 8.89. The first kappa shape index (κ1) is 16.8. The lowest BCUT2D eigenvalue weighted by molar-refractivity contribution is 0.0232. The molecule has 0 radical (unpaired) electrons. The van der Waals surface area contributed by atoms with Crippen molar-refractivity contribution in [1.29, 1.82) is 0 Å². The van der Waals surface area contributed by atoms with Crippen molar-refractivity contribution in [3.63, 3.8) is 0 Å². The summed E-state index contributed by atoms with van der Waals surface area (Å²) in [6, 6.07) is 5.76. The van der Waals surface area contributed by atoms with Crippen molar-refractivity contribution in [2.75, 3.05) is 0 Å². The minimum Gasteiger partial charge on any atom is -0.451 e. The highest BCUT2D eigenvalue weighted by Crippen LogP contribution is 2.38. The second-order valence-corrected chi connectivity index (χ2v) is 7.34. The fourth-order valence-corrected chi connectivity index (χ4v) is 3.73. The van der Waals surface area contributed by atoms with Gasteiger partial charge < -0.3 is 14.8 Å². The van der Waals surface area contributed by atoms with Crippen LogP contribution < -0.4 is 5.32 Å². The SMILES string of the molecule is Cc1ccc2c(C)c(C(=O)NC(c3cnn(C)c3)C3CC(O)C3)oc2c1. The summed E-state index contributed by atoms with van der Waals surface area (Å²) in [7, 11) is 1.85. The molecule has 2 heterocycles. The molecule has 1 saturated carbocycles. The van der Waals surface area contributed by atoms with E-state index in [1.54, 1.807) is 10.9 Å². The van der Waals surface area contributed by atoms with Gasteiger partial charge in [-0.05, 0) is 44.2 Å². The zero-order valence-electron chi connectivity index (χ0n) is 15.2. The van der Waals surface area contributed by atoms with E-state index in [1.165, 1.54) is 0 Å². The van der Waals surface area contributed by atoms with Gasteiger partial charge in [-0.2, -0.15) is 5.10 Å². The molecule has 1 atom stereocenters. The van der Waals surface area contributed by atoms with Crippen molar-refractivity contribution < 1.29 is 14.3 Å². The van der Waals surface area contributed by atoms with E-state index in [4.69, 9.17) is 4.42 Å². The van der Waals surface area contributed by atoms with E-state index in [1.807, 2.05) is 45.3 Å². The average molecular weight is 353 g/mol. The highest BCUT2D eigenvalue weighted by atomic mass is 16.3. The number of aryl methyl sites for hydroxylation is 3. The van der Waals surface area contributed by atoms with Crippen LogP contribution >= 0.6 is 0 Å². The number of aromatic nitrogens is 2. The molecule has 6 nitrogen and oxygen atoms in total. The molecule has 136 valence electrons. The van der Waals surface area contributed by atoms with Gasteiger partial charge in [0.15, 0.2) is 5.76 Å². The van der Waals surface area contributed by atoms with Gasteiger partial charge in [0.2, 0.25) is 0 Å². The summed E-state index contributed by atoms with van der Waals surface area (Å²) in [6.07, 6.45) is 4.75. The van der Waals surface area contributed by atoms with Crippen LogP contribution in [0, 0.1) is 19.8 Å². The third-order valence-electron chi connectivity index (χ3n) is 5.29. The van der Waals surface area contributed by atoms with Gasteiger partial charge >= 0.3 is 0 Å². The van der Waals surface area contributed by atoms with Crippen molar-refractivity contribution >= 4 is 16.9 Å². The Morgan fingerprint density at radius 3 is 2.81 bits per heavy atom. The summed E-state index contributed by atoms with van der Waals surface area (Å²) in [6.45, 7) is 3.90. The molecule has 26 heavy (non-hydrogen) atoms. The van der Waals surface area contributed by atoms with Crippen molar-refractivity contribution in [1.82, 2.24) is 15.1 Å². The molecular weight excluding hydrogens is 330 g/mol. The third kappa shape index (κ3) is 2.90. The van der Waals surface area contributed by atoms with Crippen LogP contribution in [0.3, 0.4) is 0 Å². The van der Waals surface area contributed by atoms with Gasteiger partial charge in [0.25, 0.3) is 5.91 Å². The van der Waals surface area contributed by atoms with E-state index in [9.17, 15) is 9.90 Å². The Labute approximate surface area is 151 Å². The Morgan fingerprint density at radius 2 is 2.15 bits per heavy atom. The monoisotopic (exact) mass is 353 g/mol. The first-order chi connectivity index (χ1) is 12.4. The molecule has 4 rings (SSSR count). The number of carbonyl (C=O) groups excluding carboxylic acids is 1. The normalized spacial score (nSPS) is 20.8. The van der Waals surface area contributed by atoms with Gasteiger partial charge in [-0.25, -0.2) is 0 Å². The highest BCUT2D eigenvalue weighted by molar-refractivity contribution is 5.99. The second-order valence-electron chi connectivity index (χ2n) is 7.34. The van der Waals surface area contributed by atoms with Crippen LogP contribution in [0.2, 0.25) is 0 Å². The smallest absolute Gasteiger partial charge is 0.287 e. The van der Waals surface area contributed by atoms with Crippen LogP contribution in [0.5, 0.6) is 0 Å². The zero-order chi connectivity index (χ0) is 18.4. The summed E-state index contributed by atoms with van der Waals surface area (Å²) in [5, 5.41) is 18.0. The number of aliphatic hydroxyl groups excluding tert-OH is 1. The Kier molecular flexibility index (Phi) is 4.07. The lowest BCUT2D eigenvalue weighted by atomic mass is 9.75. The summed E-state index contributed by atoms with van der Waals surface area (Å²) >= 11 is 0. The Hall–Kier alpha value is -2.60. The van der Waals surface area contributed by atoms with Crippen LogP contribution in [0.1, 0.15) is 46.1 Å². The molecule has 1 aliphatic carbocycles. The molecule has 3 aromatic rings. The summed E-state index contributed by atoms with van der Waals surface area (Å²) in [4.78, 5) is 12.9. The predicted octanol–water partition coefficient (Wildman–Crippen LogP) is 3.03. The van der Waals surface area contributed by atoms with Crippen molar-refractivity contribution in [2.45, 2.75) is 38.8 Å². The number of carbonyl (C=O) groups is 1. The number of nitrogens with one attached hydrogen (secondary N) is 1. The number of rotatable bonds is 4. The van der Waals surface area contributed by atoms with Crippen LogP contribution in [0.4, 0.5) is 0 Å². The standard InChI is InChI=1S/C20H23N3O3/c1-11-4-5-16-12(2)19(26-17(16)6-11)20(25)22-18(13-7-15(24)8-13)14-9-21-23(3)10-14/h4-6,9-10,13,15,18,24H,7-8H2,1-3H3,(H,22,25). The molecule has 1 amide bonds. The quantitative estimate of drug-likeness (QED) is 0.755. The molecule has 6 heteroatoms. The molecule has 2 N–H and O–H groups in total. The van der Waals surface area contributed by atoms with Crippen molar-refractivity contribution in [3.05, 3.63) is 53.0 Å². The van der Waals surface area contributed by atoms with E-state index in [-0.39, 0.29) is 24.0 Å². The number of furan rings is 1. The van der Waals surface area contributed by atoms with E-state index < -0.39 is 0 Å². The number of hydrogen-bond donors (Lipinski definition) is 2. The zero-order valence-corrected chi connectivity index (χ0v) is 15.2. The Bertz CT molecular complexity index is 966. The lowest BCUT2D eigenvalue weighted by Crippen LogP contribution is -2.41. The Morgan fingerprint density at radius 1 is 1.38 bits per heavy atom. The molecule has 0 saturated heterocycles. The van der Waals surface area contributed by atoms with Crippen LogP contribution in [-0.2, 0) is 7.05 Å². The topological polar surface area (TPSA) is 80.3 Å². The van der Waals surface area contributed by atoms with Gasteiger partial charge in [0.05, 0.1) is 18.3 Å². The number of hydrogen-bond acceptors (Lipinski definition) is 4. The van der Waals surface area contributed by atoms with E-state index >= 15 is 0 Å². The van der Waals surface area contributed by atoms with E-state index in [0.29, 0.717) is 18.6 Å². The molecule has 1 unspecified atom stereocenters. The van der Waals surface area contributed by atoms with Gasteiger partial charge in [-0.3, -0.25) is 9.48 Å².